The van der Waals surface area contributed by atoms with Gasteiger partial charge in [0, 0.05) is 32.0 Å². The first-order valence-corrected chi connectivity index (χ1v) is 8.08. The van der Waals surface area contributed by atoms with E-state index in [1.54, 1.807) is 6.07 Å². The Balaban J connectivity index is 2.38. The maximum atomic E-state index is 10.6. The first-order chi connectivity index (χ1) is 9.52. The molecule has 2 unspecified atom stereocenters. The van der Waals surface area contributed by atoms with Gasteiger partial charge in [-0.1, -0.05) is 55.6 Å². The number of aliphatic hydroxyl groups is 1. The van der Waals surface area contributed by atoms with E-state index in [1.165, 1.54) is 0 Å². The quantitative estimate of drug-likeness (QED) is 0.758. The summed E-state index contributed by atoms with van der Waals surface area (Å²) in [6.45, 7) is 0.334. The van der Waals surface area contributed by atoms with Crippen molar-refractivity contribution < 1.29 is 5.11 Å². The predicted molar refractivity (Wildman–Crippen MR) is 90.0 cm³/mol. The molecule has 0 radical (unpaired) electrons. The van der Waals surface area contributed by atoms with Crippen LogP contribution in [0.3, 0.4) is 0 Å². The van der Waals surface area contributed by atoms with E-state index in [-0.39, 0.29) is 5.92 Å². The maximum absolute atomic E-state index is 10.6. The lowest BCUT2D eigenvalue weighted by molar-refractivity contribution is 0.147. The summed E-state index contributed by atoms with van der Waals surface area (Å²) in [5, 5.41) is 11.2. The summed E-state index contributed by atoms with van der Waals surface area (Å²) in [5.74, 6) is -0.209. The molecule has 0 aliphatic carbocycles. The fourth-order valence-corrected chi connectivity index (χ4v) is 3.17. The first-order valence-electron chi connectivity index (χ1n) is 6.11. The summed E-state index contributed by atoms with van der Waals surface area (Å²) >= 11 is 13.0. The van der Waals surface area contributed by atoms with Gasteiger partial charge in [-0.2, -0.15) is 0 Å². The van der Waals surface area contributed by atoms with Gasteiger partial charge < -0.3 is 10.8 Å². The van der Waals surface area contributed by atoms with Crippen LogP contribution in [0.15, 0.2) is 51.4 Å². The third-order valence-corrected chi connectivity index (χ3v) is 4.52. The third kappa shape index (κ3) is 3.62. The Morgan fingerprint density at radius 1 is 1.10 bits per heavy atom. The minimum atomic E-state index is -0.751. The van der Waals surface area contributed by atoms with Gasteiger partial charge in [0.2, 0.25) is 0 Å². The second-order valence-electron chi connectivity index (χ2n) is 4.51. The summed E-state index contributed by atoms with van der Waals surface area (Å²) in [4.78, 5) is 0. The van der Waals surface area contributed by atoms with Gasteiger partial charge in [-0.3, -0.25) is 0 Å². The van der Waals surface area contributed by atoms with Crippen molar-refractivity contribution >= 4 is 43.5 Å². The van der Waals surface area contributed by atoms with Crippen LogP contribution in [-0.2, 0) is 0 Å². The van der Waals surface area contributed by atoms with Crippen LogP contribution in [0.5, 0.6) is 0 Å². The SMILES string of the molecule is NCC(c1cccc(Br)c1)C(O)c1cc(Br)ccc1Cl. The number of hydrogen-bond acceptors (Lipinski definition) is 2. The zero-order valence-corrected chi connectivity index (χ0v) is 14.5. The average molecular weight is 420 g/mol. The third-order valence-electron chi connectivity index (χ3n) is 3.19. The molecule has 2 nitrogen and oxygen atoms in total. The van der Waals surface area contributed by atoms with Gasteiger partial charge in [-0.25, -0.2) is 0 Å². The highest BCUT2D eigenvalue weighted by Crippen LogP contribution is 2.36. The van der Waals surface area contributed by atoms with E-state index >= 15 is 0 Å². The molecule has 2 atom stereocenters. The van der Waals surface area contributed by atoms with Crippen molar-refractivity contribution in [3.8, 4) is 0 Å². The standard InChI is InChI=1S/C15H14Br2ClNO/c16-10-3-1-2-9(6-10)13(8-19)15(20)12-7-11(17)4-5-14(12)18/h1-7,13,15,20H,8,19H2. The second-order valence-corrected chi connectivity index (χ2v) is 6.75. The summed E-state index contributed by atoms with van der Waals surface area (Å²) < 4.78 is 1.84. The normalized spacial score (nSPS) is 14.1. The van der Waals surface area contributed by atoms with E-state index in [0.29, 0.717) is 17.1 Å². The zero-order chi connectivity index (χ0) is 14.7. The number of hydrogen-bond donors (Lipinski definition) is 2. The van der Waals surface area contributed by atoms with Crippen LogP contribution in [0.25, 0.3) is 0 Å². The molecule has 0 aromatic heterocycles. The summed E-state index contributed by atoms with van der Waals surface area (Å²) in [6.07, 6.45) is -0.751. The van der Waals surface area contributed by atoms with E-state index in [9.17, 15) is 5.11 Å². The smallest absolute Gasteiger partial charge is 0.0885 e. The number of rotatable bonds is 4. The number of benzene rings is 2. The second kappa shape index (κ2) is 7.05. The molecular formula is C15H14Br2ClNO. The molecule has 5 heteroatoms. The van der Waals surface area contributed by atoms with Gasteiger partial charge in [-0.05, 0) is 35.9 Å². The molecule has 0 aliphatic rings. The molecule has 0 bridgehead atoms. The minimum Gasteiger partial charge on any atom is -0.388 e. The summed E-state index contributed by atoms with van der Waals surface area (Å²) in [5.41, 5.74) is 7.51. The maximum Gasteiger partial charge on any atom is 0.0885 e. The fraction of sp³-hybridized carbons (Fsp3) is 0.200. The molecule has 0 fully saturated rings. The molecule has 2 rings (SSSR count). The van der Waals surface area contributed by atoms with E-state index in [1.807, 2.05) is 36.4 Å². The molecule has 106 valence electrons. The Labute approximate surface area is 140 Å². The molecule has 3 N–H and O–H groups in total. The lowest BCUT2D eigenvalue weighted by Gasteiger charge is -2.23. The number of nitrogens with two attached hydrogens (primary N) is 1. The molecule has 2 aromatic carbocycles. The minimum absolute atomic E-state index is 0.209. The van der Waals surface area contributed by atoms with Crippen LogP contribution in [0.2, 0.25) is 5.02 Å². The van der Waals surface area contributed by atoms with Gasteiger partial charge >= 0.3 is 0 Å². The van der Waals surface area contributed by atoms with E-state index in [0.717, 1.165) is 14.5 Å². The summed E-state index contributed by atoms with van der Waals surface area (Å²) in [7, 11) is 0. The lowest BCUT2D eigenvalue weighted by atomic mass is 9.89. The fourth-order valence-electron chi connectivity index (χ4n) is 2.14. The molecule has 0 saturated carbocycles. The Morgan fingerprint density at radius 3 is 2.45 bits per heavy atom. The van der Waals surface area contributed by atoms with E-state index < -0.39 is 6.10 Å². The van der Waals surface area contributed by atoms with Crippen LogP contribution in [0.1, 0.15) is 23.1 Å². The molecule has 0 amide bonds. The molecule has 20 heavy (non-hydrogen) atoms. The molecule has 0 spiro atoms. The highest BCUT2D eigenvalue weighted by molar-refractivity contribution is 9.10. The Bertz CT molecular complexity index is 606. The molecule has 0 saturated heterocycles. The van der Waals surface area contributed by atoms with Crippen molar-refractivity contribution in [2.24, 2.45) is 5.73 Å². The first kappa shape index (κ1) is 16.0. The molecular weight excluding hydrogens is 405 g/mol. The Morgan fingerprint density at radius 2 is 1.80 bits per heavy atom. The average Bonchev–Trinajstić information content (AvgIpc) is 2.42. The van der Waals surface area contributed by atoms with Crippen LogP contribution >= 0.6 is 43.5 Å². The highest BCUT2D eigenvalue weighted by Gasteiger charge is 2.23. The monoisotopic (exact) mass is 417 g/mol. The lowest BCUT2D eigenvalue weighted by Crippen LogP contribution is -2.20. The Kier molecular flexibility index (Phi) is 5.64. The number of aliphatic hydroxyl groups excluding tert-OH is 1. The topological polar surface area (TPSA) is 46.2 Å². The molecule has 0 heterocycles. The van der Waals surface area contributed by atoms with Crippen molar-refractivity contribution in [2.75, 3.05) is 6.54 Å². The number of halogens is 3. The zero-order valence-electron chi connectivity index (χ0n) is 10.6. The predicted octanol–water partition coefficient (Wildman–Crippen LogP) is 4.64. The Hall–Kier alpha value is -0.390. The van der Waals surface area contributed by atoms with E-state index in [4.69, 9.17) is 17.3 Å². The van der Waals surface area contributed by atoms with Gasteiger partial charge in [0.1, 0.15) is 0 Å². The van der Waals surface area contributed by atoms with Gasteiger partial charge in [0.05, 0.1) is 6.10 Å². The van der Waals surface area contributed by atoms with E-state index in [2.05, 4.69) is 31.9 Å². The van der Waals surface area contributed by atoms with Crippen molar-refractivity contribution in [1.29, 1.82) is 0 Å². The molecule has 2 aromatic rings. The van der Waals surface area contributed by atoms with Crippen LogP contribution in [0.4, 0.5) is 0 Å². The largest absolute Gasteiger partial charge is 0.388 e. The van der Waals surface area contributed by atoms with Crippen LogP contribution in [-0.4, -0.2) is 11.7 Å². The van der Waals surface area contributed by atoms with Gasteiger partial charge in [-0.15, -0.1) is 0 Å². The van der Waals surface area contributed by atoms with Crippen molar-refractivity contribution in [3.63, 3.8) is 0 Å². The van der Waals surface area contributed by atoms with Crippen molar-refractivity contribution in [2.45, 2.75) is 12.0 Å². The van der Waals surface area contributed by atoms with Crippen LogP contribution < -0.4 is 5.73 Å². The summed E-state index contributed by atoms with van der Waals surface area (Å²) in [6, 6.07) is 13.2. The highest BCUT2D eigenvalue weighted by atomic mass is 79.9. The van der Waals surface area contributed by atoms with Gasteiger partial charge in [0.25, 0.3) is 0 Å². The molecule has 0 aliphatic heterocycles. The van der Waals surface area contributed by atoms with Crippen molar-refractivity contribution in [1.82, 2.24) is 0 Å². The van der Waals surface area contributed by atoms with Crippen molar-refractivity contribution in [3.05, 3.63) is 67.6 Å². The van der Waals surface area contributed by atoms with Gasteiger partial charge in [0.15, 0.2) is 0 Å². The van der Waals surface area contributed by atoms with Crippen LogP contribution in [0, 0.1) is 0 Å².